The van der Waals surface area contributed by atoms with Gasteiger partial charge in [0, 0.05) is 25.6 Å². The van der Waals surface area contributed by atoms with Crippen molar-refractivity contribution in [3.05, 3.63) is 0 Å². The van der Waals surface area contributed by atoms with Crippen LogP contribution in [0.2, 0.25) is 0 Å². The van der Waals surface area contributed by atoms with Crippen molar-refractivity contribution in [2.75, 3.05) is 19.7 Å². The fourth-order valence-electron chi connectivity index (χ4n) is 2.21. The maximum atomic E-state index is 12.1. The first-order valence-corrected chi connectivity index (χ1v) is 6.03. The van der Waals surface area contributed by atoms with Gasteiger partial charge in [0.15, 0.2) is 0 Å². The van der Waals surface area contributed by atoms with Crippen LogP contribution in [0.5, 0.6) is 0 Å². The number of nitrogens with two attached hydrogens (primary N) is 1. The van der Waals surface area contributed by atoms with Crippen LogP contribution in [0.3, 0.4) is 0 Å². The van der Waals surface area contributed by atoms with Gasteiger partial charge in [-0.2, -0.15) is 0 Å². The van der Waals surface area contributed by atoms with Crippen LogP contribution in [0.1, 0.15) is 19.8 Å². The summed E-state index contributed by atoms with van der Waals surface area (Å²) in [7, 11) is 0. The van der Waals surface area contributed by atoms with Gasteiger partial charge in [-0.25, -0.2) is 0 Å². The normalized spacial score (nSPS) is 31.2. The number of hydrogen-bond donors (Lipinski definition) is 2. The summed E-state index contributed by atoms with van der Waals surface area (Å²) in [5, 5.41) is 2.69. The Kier molecular flexibility index (Phi) is 3.63. The molecule has 0 spiro atoms. The molecule has 3 N–H and O–H groups in total. The summed E-state index contributed by atoms with van der Waals surface area (Å²) in [5.41, 5.74) is 5.77. The first-order chi connectivity index (χ1) is 8.08. The van der Waals surface area contributed by atoms with Crippen molar-refractivity contribution in [3.8, 4) is 0 Å². The van der Waals surface area contributed by atoms with Crippen LogP contribution in [-0.4, -0.2) is 54.6 Å². The summed E-state index contributed by atoms with van der Waals surface area (Å²) in [6, 6.07) is -0.446. The number of amides is 2. The van der Waals surface area contributed by atoms with Crippen LogP contribution < -0.4 is 11.1 Å². The highest BCUT2D eigenvalue weighted by Gasteiger charge is 2.34. The van der Waals surface area contributed by atoms with Crippen molar-refractivity contribution < 1.29 is 14.3 Å². The molecule has 6 nitrogen and oxygen atoms in total. The molecule has 2 aliphatic rings. The van der Waals surface area contributed by atoms with Crippen molar-refractivity contribution in [2.45, 2.75) is 38.0 Å². The largest absolute Gasteiger partial charge is 0.373 e. The SMILES string of the molecule is CC(N)C1CN(C(=O)C2CCC(=O)N2)CCO1. The zero-order chi connectivity index (χ0) is 12.4. The molecule has 3 atom stereocenters. The molecule has 2 saturated heterocycles. The third-order valence-corrected chi connectivity index (χ3v) is 3.28. The predicted octanol–water partition coefficient (Wildman–Crippen LogP) is -1.16. The summed E-state index contributed by atoms with van der Waals surface area (Å²) in [6.07, 6.45) is 0.930. The molecule has 17 heavy (non-hydrogen) atoms. The van der Waals surface area contributed by atoms with E-state index in [4.69, 9.17) is 10.5 Å². The van der Waals surface area contributed by atoms with Crippen LogP contribution in [-0.2, 0) is 14.3 Å². The Morgan fingerprint density at radius 2 is 2.41 bits per heavy atom. The smallest absolute Gasteiger partial charge is 0.245 e. The third kappa shape index (κ3) is 2.76. The second-order valence-electron chi connectivity index (χ2n) is 4.71. The van der Waals surface area contributed by atoms with Crippen LogP contribution in [0.25, 0.3) is 0 Å². The molecule has 0 radical (unpaired) electrons. The van der Waals surface area contributed by atoms with E-state index in [0.717, 1.165) is 0 Å². The van der Waals surface area contributed by atoms with Crippen molar-refractivity contribution in [1.82, 2.24) is 10.2 Å². The van der Waals surface area contributed by atoms with Gasteiger partial charge in [-0.15, -0.1) is 0 Å². The van der Waals surface area contributed by atoms with E-state index < -0.39 is 0 Å². The van der Waals surface area contributed by atoms with Crippen molar-refractivity contribution in [1.29, 1.82) is 0 Å². The maximum Gasteiger partial charge on any atom is 0.245 e. The second kappa shape index (κ2) is 5.01. The van der Waals surface area contributed by atoms with E-state index in [1.165, 1.54) is 0 Å². The van der Waals surface area contributed by atoms with Gasteiger partial charge in [0.1, 0.15) is 6.04 Å². The Balaban J connectivity index is 1.93. The van der Waals surface area contributed by atoms with Gasteiger partial charge < -0.3 is 20.7 Å². The van der Waals surface area contributed by atoms with Crippen LogP contribution in [0.4, 0.5) is 0 Å². The topological polar surface area (TPSA) is 84.7 Å². The lowest BCUT2D eigenvalue weighted by Crippen LogP contribution is -2.55. The first-order valence-electron chi connectivity index (χ1n) is 6.03. The minimum absolute atomic E-state index is 0.00944. The highest BCUT2D eigenvalue weighted by atomic mass is 16.5. The molecule has 0 aromatic heterocycles. The molecule has 6 heteroatoms. The van der Waals surface area contributed by atoms with Gasteiger partial charge in [0.25, 0.3) is 0 Å². The molecular weight excluding hydrogens is 222 g/mol. The molecular formula is C11H19N3O3. The van der Waals surface area contributed by atoms with E-state index in [2.05, 4.69) is 5.32 Å². The molecule has 2 heterocycles. The minimum Gasteiger partial charge on any atom is -0.373 e. The second-order valence-corrected chi connectivity index (χ2v) is 4.71. The molecule has 0 aliphatic carbocycles. The number of morpholine rings is 1. The highest BCUT2D eigenvalue weighted by molar-refractivity contribution is 5.90. The van der Waals surface area contributed by atoms with Crippen molar-refractivity contribution in [2.24, 2.45) is 5.73 Å². The van der Waals surface area contributed by atoms with Gasteiger partial charge in [-0.1, -0.05) is 0 Å². The minimum atomic E-state index is -0.352. The van der Waals surface area contributed by atoms with Gasteiger partial charge in [0.2, 0.25) is 11.8 Å². The third-order valence-electron chi connectivity index (χ3n) is 3.28. The quantitative estimate of drug-likeness (QED) is 0.638. The number of carbonyl (C=O) groups excluding carboxylic acids is 2. The van der Waals surface area contributed by atoms with E-state index in [0.29, 0.717) is 32.5 Å². The summed E-state index contributed by atoms with van der Waals surface area (Å²) in [6.45, 7) is 3.48. The zero-order valence-electron chi connectivity index (χ0n) is 10.0. The van der Waals surface area contributed by atoms with Crippen molar-refractivity contribution >= 4 is 11.8 Å². The Hall–Kier alpha value is -1.14. The zero-order valence-corrected chi connectivity index (χ0v) is 10.0. The van der Waals surface area contributed by atoms with E-state index >= 15 is 0 Å². The summed E-state index contributed by atoms with van der Waals surface area (Å²) >= 11 is 0. The molecule has 0 saturated carbocycles. The number of rotatable bonds is 2. The number of carbonyl (C=O) groups is 2. The lowest BCUT2D eigenvalue weighted by Gasteiger charge is -2.35. The average Bonchev–Trinajstić information content (AvgIpc) is 2.75. The summed E-state index contributed by atoms with van der Waals surface area (Å²) < 4.78 is 5.50. The van der Waals surface area contributed by atoms with E-state index in [-0.39, 0.29) is 30.0 Å². The number of hydrogen-bond acceptors (Lipinski definition) is 4. The van der Waals surface area contributed by atoms with E-state index in [1.807, 2.05) is 6.92 Å². The fourth-order valence-corrected chi connectivity index (χ4v) is 2.21. The fraction of sp³-hybridized carbons (Fsp3) is 0.818. The Morgan fingerprint density at radius 1 is 1.65 bits per heavy atom. The molecule has 2 rings (SSSR count). The molecule has 3 unspecified atom stereocenters. The lowest BCUT2D eigenvalue weighted by atomic mass is 10.1. The molecule has 2 fully saturated rings. The van der Waals surface area contributed by atoms with E-state index in [1.54, 1.807) is 4.90 Å². The highest BCUT2D eigenvalue weighted by Crippen LogP contribution is 2.14. The molecule has 2 aliphatic heterocycles. The van der Waals surface area contributed by atoms with Gasteiger partial charge in [0.05, 0.1) is 12.7 Å². The van der Waals surface area contributed by atoms with E-state index in [9.17, 15) is 9.59 Å². The van der Waals surface area contributed by atoms with Crippen LogP contribution in [0.15, 0.2) is 0 Å². The molecule has 0 aromatic rings. The first kappa shape index (κ1) is 12.3. The van der Waals surface area contributed by atoms with Crippen LogP contribution in [0, 0.1) is 0 Å². The summed E-state index contributed by atoms with van der Waals surface area (Å²) in [4.78, 5) is 25.0. The Bertz CT molecular complexity index is 319. The number of nitrogens with one attached hydrogen (secondary N) is 1. The van der Waals surface area contributed by atoms with Crippen molar-refractivity contribution in [3.63, 3.8) is 0 Å². The molecule has 0 aromatic carbocycles. The standard InChI is InChI=1S/C11H19N3O3/c1-7(12)9-6-14(4-5-17-9)11(16)8-2-3-10(15)13-8/h7-9H,2-6,12H2,1H3,(H,13,15). The maximum absolute atomic E-state index is 12.1. The molecule has 2 amide bonds. The number of nitrogens with zero attached hydrogens (tertiary/aromatic N) is 1. The monoisotopic (exact) mass is 241 g/mol. The van der Waals surface area contributed by atoms with Gasteiger partial charge in [-0.3, -0.25) is 9.59 Å². The Labute approximate surface area is 100 Å². The average molecular weight is 241 g/mol. The predicted molar refractivity (Wildman–Crippen MR) is 61.1 cm³/mol. The molecule has 96 valence electrons. The van der Waals surface area contributed by atoms with Crippen LogP contribution >= 0.6 is 0 Å². The van der Waals surface area contributed by atoms with Gasteiger partial charge in [-0.05, 0) is 13.3 Å². The Morgan fingerprint density at radius 3 is 3.00 bits per heavy atom. The lowest BCUT2D eigenvalue weighted by molar-refractivity contribution is -0.142. The summed E-state index contributed by atoms with van der Waals surface area (Å²) in [5.74, 6) is -0.0508. The molecule has 0 bridgehead atoms. The van der Waals surface area contributed by atoms with Gasteiger partial charge >= 0.3 is 0 Å². The number of ether oxygens (including phenoxy) is 1.